The lowest BCUT2D eigenvalue weighted by Gasteiger charge is -2.38. The fourth-order valence-electron chi connectivity index (χ4n) is 3.91. The van der Waals surface area contributed by atoms with Crippen molar-refractivity contribution in [2.45, 2.75) is 70.0 Å². The Hall–Kier alpha value is -1.38. The van der Waals surface area contributed by atoms with E-state index in [0.717, 1.165) is 38.5 Å². The number of hydrogen-bond donors (Lipinski definition) is 3. The molecule has 0 aromatic rings. The van der Waals surface area contributed by atoms with Crippen LogP contribution in [0.15, 0.2) is 0 Å². The first-order valence-corrected chi connectivity index (χ1v) is 9.64. The van der Waals surface area contributed by atoms with E-state index < -0.39 is 12.0 Å². The molecule has 3 amide bonds. The van der Waals surface area contributed by atoms with Crippen LogP contribution >= 0.6 is 12.4 Å². The van der Waals surface area contributed by atoms with Crippen molar-refractivity contribution in [3.05, 3.63) is 0 Å². The molecule has 0 radical (unpaired) electrons. The largest absolute Gasteiger partial charge is 0.480 e. The van der Waals surface area contributed by atoms with Crippen LogP contribution in [0.5, 0.6) is 0 Å². The maximum absolute atomic E-state index is 12.4. The highest BCUT2D eigenvalue weighted by Gasteiger charge is 2.29. The number of carbonyl (C=O) groups is 3. The van der Waals surface area contributed by atoms with Crippen molar-refractivity contribution in [3.8, 4) is 0 Å². The van der Waals surface area contributed by atoms with Crippen molar-refractivity contribution in [1.82, 2.24) is 20.4 Å². The van der Waals surface area contributed by atoms with Crippen molar-refractivity contribution < 1.29 is 19.5 Å². The molecule has 1 saturated carbocycles. The molecule has 2 fully saturated rings. The number of amides is 3. The number of imide groups is 1. The van der Waals surface area contributed by atoms with Crippen LogP contribution < -0.4 is 10.6 Å². The van der Waals surface area contributed by atoms with Crippen molar-refractivity contribution in [2.24, 2.45) is 0 Å². The Kier molecular flexibility index (Phi) is 10.0. The topological polar surface area (TPSA) is 102 Å². The third-order valence-electron chi connectivity index (χ3n) is 5.61. The van der Waals surface area contributed by atoms with Crippen LogP contribution in [0.4, 0.5) is 4.79 Å². The van der Waals surface area contributed by atoms with Crippen molar-refractivity contribution in [1.29, 1.82) is 0 Å². The first kappa shape index (κ1) is 23.7. The van der Waals surface area contributed by atoms with Crippen LogP contribution in [-0.4, -0.2) is 77.6 Å². The number of urea groups is 1. The predicted molar refractivity (Wildman–Crippen MR) is 105 cm³/mol. The third kappa shape index (κ3) is 7.63. The van der Waals surface area contributed by atoms with Crippen molar-refractivity contribution in [3.63, 3.8) is 0 Å². The van der Waals surface area contributed by atoms with Crippen LogP contribution in [0.3, 0.4) is 0 Å². The zero-order valence-corrected chi connectivity index (χ0v) is 17.1. The van der Waals surface area contributed by atoms with Gasteiger partial charge in [0.05, 0.1) is 12.6 Å². The minimum absolute atomic E-state index is 0. The van der Waals surface area contributed by atoms with E-state index in [1.54, 1.807) is 0 Å². The lowest BCUT2D eigenvalue weighted by molar-refractivity contribution is -0.138. The quantitative estimate of drug-likeness (QED) is 0.619. The summed E-state index contributed by atoms with van der Waals surface area (Å²) < 4.78 is 0. The molecule has 2 aliphatic rings. The van der Waals surface area contributed by atoms with Gasteiger partial charge in [0.1, 0.15) is 0 Å². The molecule has 9 heteroatoms. The molecule has 27 heavy (non-hydrogen) atoms. The van der Waals surface area contributed by atoms with Gasteiger partial charge in [0.25, 0.3) is 0 Å². The third-order valence-corrected chi connectivity index (χ3v) is 5.61. The van der Waals surface area contributed by atoms with Crippen LogP contribution in [0.2, 0.25) is 0 Å². The highest BCUT2D eigenvalue weighted by molar-refractivity contribution is 5.96. The fourth-order valence-corrected chi connectivity index (χ4v) is 3.91. The Morgan fingerprint density at radius 3 is 2.26 bits per heavy atom. The summed E-state index contributed by atoms with van der Waals surface area (Å²) in [6.07, 6.45) is 7.06. The van der Waals surface area contributed by atoms with Gasteiger partial charge in [0.2, 0.25) is 5.91 Å². The number of carboxylic acids is 1. The number of likely N-dealkylation sites (tertiary alicyclic amines) is 1. The van der Waals surface area contributed by atoms with E-state index in [2.05, 4.69) is 10.6 Å². The number of carbonyl (C=O) groups excluding carboxylic acids is 2. The first-order chi connectivity index (χ1) is 12.4. The first-order valence-electron chi connectivity index (χ1n) is 9.64. The second-order valence-electron chi connectivity index (χ2n) is 7.55. The second-order valence-corrected chi connectivity index (χ2v) is 7.55. The Morgan fingerprint density at radius 1 is 1.11 bits per heavy atom. The summed E-state index contributed by atoms with van der Waals surface area (Å²) in [6.45, 7) is 3.27. The number of hydrogen-bond acceptors (Lipinski definition) is 5. The highest BCUT2D eigenvalue weighted by atomic mass is 35.5. The summed E-state index contributed by atoms with van der Waals surface area (Å²) in [5.41, 5.74) is 0. The predicted octanol–water partition coefficient (Wildman–Crippen LogP) is 1.44. The van der Waals surface area contributed by atoms with Gasteiger partial charge >= 0.3 is 12.0 Å². The van der Waals surface area contributed by atoms with E-state index in [0.29, 0.717) is 13.1 Å². The Bertz CT molecular complexity index is 506. The minimum Gasteiger partial charge on any atom is -0.480 e. The van der Waals surface area contributed by atoms with Crippen LogP contribution in [0.25, 0.3) is 0 Å². The number of likely N-dealkylation sites (N-methyl/N-ethyl adjacent to an activating group) is 1. The highest BCUT2D eigenvalue weighted by Crippen LogP contribution is 2.18. The number of rotatable bonds is 6. The van der Waals surface area contributed by atoms with Crippen molar-refractivity contribution in [2.75, 3.05) is 26.7 Å². The molecule has 1 saturated heterocycles. The zero-order chi connectivity index (χ0) is 19.1. The summed E-state index contributed by atoms with van der Waals surface area (Å²) in [4.78, 5) is 39.1. The van der Waals surface area contributed by atoms with Gasteiger partial charge in [0.15, 0.2) is 0 Å². The summed E-state index contributed by atoms with van der Waals surface area (Å²) in [6, 6.07) is -0.387. The molecule has 8 nitrogen and oxygen atoms in total. The lowest BCUT2D eigenvalue weighted by Crippen LogP contribution is -2.54. The molecule has 2 rings (SSSR count). The average molecular weight is 405 g/mol. The molecule has 0 bridgehead atoms. The van der Waals surface area contributed by atoms with Gasteiger partial charge in [-0.25, -0.2) is 4.79 Å². The molecule has 0 spiro atoms. The molecule has 1 heterocycles. The van der Waals surface area contributed by atoms with E-state index in [4.69, 9.17) is 5.11 Å². The van der Waals surface area contributed by atoms with Gasteiger partial charge in [-0.15, -0.1) is 12.4 Å². The van der Waals surface area contributed by atoms with Crippen LogP contribution in [0.1, 0.15) is 51.9 Å². The van der Waals surface area contributed by atoms with Gasteiger partial charge in [-0.3, -0.25) is 24.7 Å². The average Bonchev–Trinajstić information content (AvgIpc) is 2.61. The number of aliphatic carboxylic acids is 1. The summed E-state index contributed by atoms with van der Waals surface area (Å²) in [7, 11) is 1.82. The molecule has 0 aromatic carbocycles. The molecular formula is C18H33ClN4O4. The second kappa shape index (κ2) is 11.5. The van der Waals surface area contributed by atoms with Crippen LogP contribution in [0, 0.1) is 0 Å². The minimum atomic E-state index is -0.827. The SMILES string of the molecule is CC(C(=O)NC(=O)NC1CCCCC1)N1CCC(N(C)CC(=O)O)CC1.Cl. The van der Waals surface area contributed by atoms with Gasteiger partial charge in [-0.1, -0.05) is 19.3 Å². The Labute approximate surface area is 167 Å². The molecule has 1 aliphatic carbocycles. The van der Waals surface area contributed by atoms with Crippen LogP contribution in [-0.2, 0) is 9.59 Å². The number of carboxylic acid groups (broad SMARTS) is 1. The molecule has 1 unspecified atom stereocenters. The van der Waals surface area contributed by atoms with E-state index in [-0.39, 0.29) is 43.0 Å². The van der Waals surface area contributed by atoms with E-state index >= 15 is 0 Å². The summed E-state index contributed by atoms with van der Waals surface area (Å²) >= 11 is 0. The number of halogens is 1. The molecule has 1 atom stereocenters. The maximum Gasteiger partial charge on any atom is 0.321 e. The zero-order valence-electron chi connectivity index (χ0n) is 16.3. The van der Waals surface area contributed by atoms with E-state index in [1.807, 2.05) is 23.8 Å². The molecule has 0 aromatic heterocycles. The number of nitrogens with one attached hydrogen (secondary N) is 2. The molecular weight excluding hydrogens is 372 g/mol. The molecule has 1 aliphatic heterocycles. The van der Waals surface area contributed by atoms with Gasteiger partial charge in [-0.05, 0) is 39.7 Å². The summed E-state index contributed by atoms with van der Waals surface area (Å²) in [5, 5.41) is 14.2. The molecule has 156 valence electrons. The van der Waals surface area contributed by atoms with Gasteiger partial charge in [0, 0.05) is 25.2 Å². The standard InChI is InChI=1S/C18H32N4O4.ClH/c1-13(17(25)20-18(26)19-14-6-4-3-5-7-14)22-10-8-15(9-11-22)21(2)12-16(23)24;/h13-15H,3-12H2,1-2H3,(H,23,24)(H2,19,20,25,26);1H. The lowest BCUT2D eigenvalue weighted by atomic mass is 9.96. The fraction of sp³-hybridized carbons (Fsp3) is 0.833. The normalized spacial score (nSPS) is 20.6. The van der Waals surface area contributed by atoms with Gasteiger partial charge in [-0.2, -0.15) is 0 Å². The smallest absolute Gasteiger partial charge is 0.321 e. The monoisotopic (exact) mass is 404 g/mol. The van der Waals surface area contributed by atoms with E-state index in [9.17, 15) is 14.4 Å². The Morgan fingerprint density at radius 2 is 1.70 bits per heavy atom. The van der Waals surface area contributed by atoms with Crippen molar-refractivity contribution >= 4 is 30.3 Å². The maximum atomic E-state index is 12.4. The number of nitrogens with zero attached hydrogens (tertiary/aromatic N) is 2. The van der Waals surface area contributed by atoms with Gasteiger partial charge < -0.3 is 10.4 Å². The van der Waals surface area contributed by atoms with E-state index in [1.165, 1.54) is 6.42 Å². The Balaban J connectivity index is 0.00000364. The summed E-state index contributed by atoms with van der Waals surface area (Å²) in [5.74, 6) is -1.11. The number of piperidine rings is 1. The molecule has 3 N–H and O–H groups in total.